The number of nitrogens with zero attached hydrogens (tertiary/aromatic N) is 1. The molecule has 0 spiro atoms. The first kappa shape index (κ1) is 16.1. The van der Waals surface area contributed by atoms with Crippen molar-refractivity contribution in [3.05, 3.63) is 58.7 Å². The summed E-state index contributed by atoms with van der Waals surface area (Å²) in [6.07, 6.45) is 2.47. The maximum absolute atomic E-state index is 13.8. The molecule has 0 radical (unpaired) electrons. The Labute approximate surface area is 150 Å². The van der Waals surface area contributed by atoms with Crippen molar-refractivity contribution in [1.82, 2.24) is 0 Å². The fraction of sp³-hybridized carbons (Fsp3) is 0.250. The lowest BCUT2D eigenvalue weighted by molar-refractivity contribution is 0.103. The number of halogens is 1. The number of anilines is 2. The summed E-state index contributed by atoms with van der Waals surface area (Å²) in [7, 11) is 0. The van der Waals surface area contributed by atoms with E-state index in [1.165, 1.54) is 35.9 Å². The second-order valence-electron chi connectivity index (χ2n) is 6.41. The second-order valence-corrected chi connectivity index (χ2v) is 7.49. The number of thiophene rings is 1. The van der Waals surface area contributed by atoms with Gasteiger partial charge in [-0.1, -0.05) is 6.07 Å². The Hall–Kier alpha value is -2.40. The summed E-state index contributed by atoms with van der Waals surface area (Å²) < 4.78 is 14.6. The second kappa shape index (κ2) is 6.48. The molecule has 3 aromatic rings. The van der Waals surface area contributed by atoms with E-state index in [0.717, 1.165) is 29.0 Å². The molecule has 2 heterocycles. The summed E-state index contributed by atoms with van der Waals surface area (Å²) >= 11 is 1.31. The largest absolute Gasteiger partial charge is 0.372 e. The van der Waals surface area contributed by atoms with E-state index in [2.05, 4.69) is 22.3 Å². The normalized spacial score (nSPS) is 14.2. The molecule has 1 N–H and O–H groups in total. The summed E-state index contributed by atoms with van der Waals surface area (Å²) in [5, 5.41) is 3.45. The van der Waals surface area contributed by atoms with Crippen LogP contribution in [-0.4, -0.2) is 19.0 Å². The van der Waals surface area contributed by atoms with E-state index in [1.54, 1.807) is 12.1 Å². The molecule has 1 fully saturated rings. The quantitative estimate of drug-likeness (QED) is 0.701. The number of rotatable bonds is 3. The monoisotopic (exact) mass is 354 g/mol. The molecule has 1 amide bonds. The third-order valence-electron chi connectivity index (χ3n) is 4.66. The predicted octanol–water partition coefficient (Wildman–Crippen LogP) is 5.20. The number of fused-ring (bicyclic) bond motifs is 1. The van der Waals surface area contributed by atoms with E-state index >= 15 is 0 Å². The van der Waals surface area contributed by atoms with Crippen LogP contribution in [0, 0.1) is 12.7 Å². The number of benzene rings is 2. The van der Waals surface area contributed by atoms with Crippen molar-refractivity contribution in [2.75, 3.05) is 23.3 Å². The molecule has 5 heteroatoms. The molecule has 1 aliphatic heterocycles. The Bertz CT molecular complexity index is 944. The highest BCUT2D eigenvalue weighted by molar-refractivity contribution is 7.20. The van der Waals surface area contributed by atoms with Gasteiger partial charge in [0.05, 0.1) is 4.88 Å². The minimum Gasteiger partial charge on any atom is -0.372 e. The first-order valence-electron chi connectivity index (χ1n) is 8.47. The van der Waals surface area contributed by atoms with Crippen LogP contribution >= 0.6 is 11.3 Å². The molecular formula is C20H19FN2OS. The zero-order chi connectivity index (χ0) is 17.4. The van der Waals surface area contributed by atoms with Crippen molar-refractivity contribution in [1.29, 1.82) is 0 Å². The molecule has 25 heavy (non-hydrogen) atoms. The van der Waals surface area contributed by atoms with Gasteiger partial charge in [0.15, 0.2) is 0 Å². The van der Waals surface area contributed by atoms with Gasteiger partial charge >= 0.3 is 0 Å². The molecule has 1 saturated heterocycles. The highest BCUT2D eigenvalue weighted by Gasteiger charge is 2.16. The fourth-order valence-corrected chi connectivity index (χ4v) is 4.25. The van der Waals surface area contributed by atoms with E-state index in [0.29, 0.717) is 10.3 Å². The van der Waals surface area contributed by atoms with Gasteiger partial charge in [0.1, 0.15) is 5.82 Å². The van der Waals surface area contributed by atoms with E-state index < -0.39 is 0 Å². The van der Waals surface area contributed by atoms with E-state index in [1.807, 2.05) is 19.1 Å². The number of carbonyl (C=O) groups excluding carboxylic acids is 1. The highest BCUT2D eigenvalue weighted by Crippen LogP contribution is 2.29. The third kappa shape index (κ3) is 3.12. The van der Waals surface area contributed by atoms with Crippen molar-refractivity contribution in [3.8, 4) is 0 Å². The average molecular weight is 354 g/mol. The molecule has 128 valence electrons. The van der Waals surface area contributed by atoms with Crippen LogP contribution in [0.1, 0.15) is 28.1 Å². The average Bonchev–Trinajstić information content (AvgIpc) is 3.26. The molecule has 1 aromatic heterocycles. The molecule has 2 aromatic carbocycles. The molecule has 3 nitrogen and oxygen atoms in total. The Balaban J connectivity index is 1.56. The number of hydrogen-bond acceptors (Lipinski definition) is 3. The van der Waals surface area contributed by atoms with Gasteiger partial charge in [-0.05, 0) is 61.7 Å². The number of carbonyl (C=O) groups is 1. The van der Waals surface area contributed by atoms with Crippen molar-refractivity contribution < 1.29 is 9.18 Å². The molecular weight excluding hydrogens is 335 g/mol. The third-order valence-corrected chi connectivity index (χ3v) is 5.76. The number of aryl methyl sites for hydroxylation is 1. The Morgan fingerprint density at radius 3 is 2.68 bits per heavy atom. The van der Waals surface area contributed by atoms with Gasteiger partial charge in [0.25, 0.3) is 5.91 Å². The first-order chi connectivity index (χ1) is 12.1. The lowest BCUT2D eigenvalue weighted by atomic mass is 10.1. The smallest absolute Gasteiger partial charge is 0.265 e. The number of nitrogens with one attached hydrogen (secondary N) is 1. The van der Waals surface area contributed by atoms with Crippen LogP contribution in [0.25, 0.3) is 10.1 Å². The van der Waals surface area contributed by atoms with Crippen LogP contribution in [0.15, 0.2) is 42.5 Å². The summed E-state index contributed by atoms with van der Waals surface area (Å²) in [6, 6.07) is 12.7. The van der Waals surface area contributed by atoms with Gasteiger partial charge in [-0.2, -0.15) is 0 Å². The standard InChI is InChI=1S/C20H19FN2OS/c1-13-11-14(23-9-2-3-10-23)7-8-17(13)22-20(24)19-12-15-16(21)5-4-6-18(15)25-19/h4-8,11-12H,2-3,9-10H2,1H3,(H,22,24). The van der Waals surface area contributed by atoms with Crippen molar-refractivity contribution in [2.24, 2.45) is 0 Å². The highest BCUT2D eigenvalue weighted by atomic mass is 32.1. The van der Waals surface area contributed by atoms with E-state index in [9.17, 15) is 9.18 Å². The predicted molar refractivity (Wildman–Crippen MR) is 102 cm³/mol. The molecule has 0 aliphatic carbocycles. The van der Waals surface area contributed by atoms with Gasteiger partial charge in [-0.15, -0.1) is 11.3 Å². The lowest BCUT2D eigenvalue weighted by Crippen LogP contribution is -2.18. The molecule has 0 unspecified atom stereocenters. The summed E-state index contributed by atoms with van der Waals surface area (Å²) in [5.41, 5.74) is 3.04. The maximum Gasteiger partial charge on any atom is 0.265 e. The molecule has 4 rings (SSSR count). The van der Waals surface area contributed by atoms with Crippen LogP contribution in [-0.2, 0) is 0 Å². The molecule has 0 saturated carbocycles. The van der Waals surface area contributed by atoms with Gasteiger partial charge in [-0.3, -0.25) is 4.79 Å². The van der Waals surface area contributed by atoms with Gasteiger partial charge in [0.2, 0.25) is 0 Å². The summed E-state index contributed by atoms with van der Waals surface area (Å²) in [6.45, 7) is 4.19. The number of amides is 1. The minimum absolute atomic E-state index is 0.197. The Morgan fingerprint density at radius 2 is 1.96 bits per heavy atom. The van der Waals surface area contributed by atoms with Gasteiger partial charge in [-0.25, -0.2) is 4.39 Å². The van der Waals surface area contributed by atoms with Gasteiger partial charge < -0.3 is 10.2 Å². The van der Waals surface area contributed by atoms with Crippen LogP contribution in [0.3, 0.4) is 0 Å². The van der Waals surface area contributed by atoms with Crippen LogP contribution < -0.4 is 10.2 Å². The molecule has 0 atom stereocenters. The zero-order valence-electron chi connectivity index (χ0n) is 14.0. The van der Waals surface area contributed by atoms with E-state index in [4.69, 9.17) is 0 Å². The Kier molecular flexibility index (Phi) is 4.17. The maximum atomic E-state index is 13.8. The summed E-state index contributed by atoms with van der Waals surface area (Å²) in [5.74, 6) is -0.489. The molecule has 0 bridgehead atoms. The summed E-state index contributed by atoms with van der Waals surface area (Å²) in [4.78, 5) is 15.4. The van der Waals surface area contributed by atoms with Crippen molar-refractivity contribution in [2.45, 2.75) is 19.8 Å². The van der Waals surface area contributed by atoms with Crippen LogP contribution in [0.5, 0.6) is 0 Å². The van der Waals surface area contributed by atoms with Crippen LogP contribution in [0.2, 0.25) is 0 Å². The topological polar surface area (TPSA) is 32.3 Å². The SMILES string of the molecule is Cc1cc(N2CCCC2)ccc1NC(=O)c1cc2c(F)cccc2s1. The first-order valence-corrected chi connectivity index (χ1v) is 9.28. The van der Waals surface area contributed by atoms with Crippen molar-refractivity contribution >= 4 is 38.7 Å². The zero-order valence-corrected chi connectivity index (χ0v) is 14.8. The Morgan fingerprint density at radius 1 is 1.16 bits per heavy atom. The van der Waals surface area contributed by atoms with E-state index in [-0.39, 0.29) is 11.7 Å². The van der Waals surface area contributed by atoms with Crippen molar-refractivity contribution in [3.63, 3.8) is 0 Å². The number of hydrogen-bond donors (Lipinski definition) is 1. The minimum atomic E-state index is -0.293. The fourth-order valence-electron chi connectivity index (χ4n) is 3.28. The van der Waals surface area contributed by atoms with Gasteiger partial charge in [0, 0.05) is 34.6 Å². The lowest BCUT2D eigenvalue weighted by Gasteiger charge is -2.19. The molecule has 1 aliphatic rings. The van der Waals surface area contributed by atoms with Crippen LogP contribution in [0.4, 0.5) is 15.8 Å².